The molecule has 0 spiro atoms. The van der Waals surface area contributed by atoms with E-state index >= 15 is 0 Å². The lowest BCUT2D eigenvalue weighted by Gasteiger charge is -2.47. The van der Waals surface area contributed by atoms with Gasteiger partial charge in [0.05, 0.1) is 6.42 Å². The summed E-state index contributed by atoms with van der Waals surface area (Å²) in [6.07, 6.45) is 7.47. The third-order valence-electron chi connectivity index (χ3n) is 6.78. The van der Waals surface area contributed by atoms with Gasteiger partial charge in [-0.25, -0.2) is 0 Å². The minimum absolute atomic E-state index is 0.0218. The van der Waals surface area contributed by atoms with Crippen molar-refractivity contribution in [2.24, 2.45) is 29.1 Å². The van der Waals surface area contributed by atoms with Crippen LogP contribution in [0, 0.1) is 29.1 Å². The van der Waals surface area contributed by atoms with E-state index in [1.54, 1.807) is 0 Å². The summed E-state index contributed by atoms with van der Waals surface area (Å²) in [6, 6.07) is 0. The first kappa shape index (κ1) is 16.7. The lowest BCUT2D eigenvalue weighted by atomic mass is 9.57. The molecule has 3 heteroatoms. The van der Waals surface area contributed by atoms with Gasteiger partial charge in [-0.2, -0.15) is 0 Å². The molecule has 3 aliphatic rings. The zero-order chi connectivity index (χ0) is 16.8. The molecule has 0 amide bonds. The Hall–Kier alpha value is -1.12. The van der Waals surface area contributed by atoms with Crippen molar-refractivity contribution < 1.29 is 14.3 Å². The molecule has 3 fully saturated rings. The maximum atomic E-state index is 12.3. The maximum Gasteiger partial charge on any atom is 0.306 e. The lowest BCUT2D eigenvalue weighted by Crippen LogP contribution is -2.49. The Balaban J connectivity index is 1.80. The van der Waals surface area contributed by atoms with Crippen LogP contribution in [0.1, 0.15) is 66.2 Å². The highest BCUT2D eigenvalue weighted by Gasteiger charge is 2.62. The largest absolute Gasteiger partial charge is 0.462 e. The number of ketones is 1. The highest BCUT2D eigenvalue weighted by atomic mass is 16.5. The molecule has 1 heterocycles. The SMILES string of the molecule is CC(C)=CCC[C@@H](C)[C@H]1C[C@@H]2OC(=O)C[C@@H]3C(=O)CC[C@@]1(C)[C@H]23. The smallest absolute Gasteiger partial charge is 0.306 e. The fourth-order valence-corrected chi connectivity index (χ4v) is 5.66. The molecule has 3 rings (SSSR count). The Morgan fingerprint density at radius 3 is 2.83 bits per heavy atom. The summed E-state index contributed by atoms with van der Waals surface area (Å²) < 4.78 is 5.68. The van der Waals surface area contributed by atoms with Gasteiger partial charge in [-0.05, 0) is 56.8 Å². The molecular formula is C20H30O3. The first-order valence-electron chi connectivity index (χ1n) is 9.18. The molecule has 1 saturated heterocycles. The highest BCUT2D eigenvalue weighted by Crippen LogP contribution is 2.61. The van der Waals surface area contributed by atoms with Gasteiger partial charge in [-0.1, -0.05) is 25.5 Å². The fourth-order valence-electron chi connectivity index (χ4n) is 5.66. The fraction of sp³-hybridized carbons (Fsp3) is 0.800. The maximum absolute atomic E-state index is 12.3. The summed E-state index contributed by atoms with van der Waals surface area (Å²) in [5, 5.41) is 0. The monoisotopic (exact) mass is 318 g/mol. The summed E-state index contributed by atoms with van der Waals surface area (Å²) >= 11 is 0. The van der Waals surface area contributed by atoms with E-state index < -0.39 is 0 Å². The highest BCUT2D eigenvalue weighted by molar-refractivity contribution is 5.87. The molecule has 128 valence electrons. The van der Waals surface area contributed by atoms with Crippen LogP contribution in [0.25, 0.3) is 0 Å². The second-order valence-corrected chi connectivity index (χ2v) is 8.52. The van der Waals surface area contributed by atoms with Crippen LogP contribution in [0.5, 0.6) is 0 Å². The summed E-state index contributed by atoms with van der Waals surface area (Å²) in [5.41, 5.74) is 1.54. The van der Waals surface area contributed by atoms with Crippen molar-refractivity contribution in [3.05, 3.63) is 11.6 Å². The number of esters is 1. The number of ether oxygens (including phenoxy) is 1. The van der Waals surface area contributed by atoms with Crippen LogP contribution in [-0.4, -0.2) is 17.9 Å². The Labute approximate surface area is 139 Å². The molecule has 0 aromatic heterocycles. The molecule has 3 nitrogen and oxygen atoms in total. The van der Waals surface area contributed by atoms with Crippen LogP contribution < -0.4 is 0 Å². The summed E-state index contributed by atoms with van der Waals surface area (Å²) in [7, 11) is 0. The second-order valence-electron chi connectivity index (χ2n) is 8.52. The number of allylic oxidation sites excluding steroid dienone is 2. The zero-order valence-electron chi connectivity index (χ0n) is 14.9. The van der Waals surface area contributed by atoms with Crippen molar-refractivity contribution >= 4 is 11.8 Å². The molecule has 0 N–H and O–H groups in total. The molecule has 0 unspecified atom stereocenters. The predicted molar refractivity (Wildman–Crippen MR) is 89.8 cm³/mol. The molecule has 2 aliphatic carbocycles. The van der Waals surface area contributed by atoms with Crippen molar-refractivity contribution in [1.82, 2.24) is 0 Å². The third kappa shape index (κ3) is 2.88. The van der Waals surface area contributed by atoms with Crippen molar-refractivity contribution in [1.29, 1.82) is 0 Å². The standard InChI is InChI=1S/C20H30O3/c1-12(2)6-5-7-13(3)15-11-17-19-14(10-18(22)23-17)16(21)8-9-20(15,19)4/h6,13-15,17,19H,5,7-11H2,1-4H3/t13-,14-,15-,17+,19+,20-/m1/s1. The van der Waals surface area contributed by atoms with Gasteiger partial charge in [-0.15, -0.1) is 0 Å². The van der Waals surface area contributed by atoms with Gasteiger partial charge in [0.2, 0.25) is 0 Å². The van der Waals surface area contributed by atoms with E-state index in [-0.39, 0.29) is 29.3 Å². The molecule has 0 aromatic carbocycles. The van der Waals surface area contributed by atoms with E-state index in [1.165, 1.54) is 12.0 Å². The van der Waals surface area contributed by atoms with Gasteiger partial charge in [0.15, 0.2) is 0 Å². The van der Waals surface area contributed by atoms with Crippen LogP contribution in [0.4, 0.5) is 0 Å². The van der Waals surface area contributed by atoms with Crippen LogP contribution in [-0.2, 0) is 14.3 Å². The van der Waals surface area contributed by atoms with Crippen molar-refractivity contribution in [2.75, 3.05) is 0 Å². The van der Waals surface area contributed by atoms with Crippen LogP contribution in [0.3, 0.4) is 0 Å². The normalized spacial score (nSPS) is 40.3. The number of hydrogen-bond donors (Lipinski definition) is 0. The molecule has 2 saturated carbocycles. The molecule has 0 aromatic rings. The van der Waals surface area contributed by atoms with E-state index in [9.17, 15) is 9.59 Å². The Kier molecular flexibility index (Phi) is 4.41. The Morgan fingerprint density at radius 1 is 1.39 bits per heavy atom. The van der Waals surface area contributed by atoms with Crippen molar-refractivity contribution in [2.45, 2.75) is 72.3 Å². The zero-order valence-corrected chi connectivity index (χ0v) is 14.9. The number of carbonyl (C=O) groups excluding carboxylic acids is 2. The van der Waals surface area contributed by atoms with E-state index in [0.29, 0.717) is 30.5 Å². The number of rotatable bonds is 4. The number of Topliss-reactive ketones (excluding diaryl/α,β-unsaturated/α-hetero) is 1. The lowest BCUT2D eigenvalue weighted by molar-refractivity contribution is -0.171. The van der Waals surface area contributed by atoms with Gasteiger partial charge in [0.25, 0.3) is 0 Å². The van der Waals surface area contributed by atoms with Gasteiger partial charge < -0.3 is 4.74 Å². The average molecular weight is 318 g/mol. The third-order valence-corrected chi connectivity index (χ3v) is 6.78. The van der Waals surface area contributed by atoms with E-state index in [2.05, 4.69) is 33.8 Å². The van der Waals surface area contributed by atoms with E-state index in [4.69, 9.17) is 4.74 Å². The topological polar surface area (TPSA) is 43.4 Å². The molecule has 23 heavy (non-hydrogen) atoms. The van der Waals surface area contributed by atoms with Crippen LogP contribution in [0.2, 0.25) is 0 Å². The first-order valence-corrected chi connectivity index (χ1v) is 9.18. The summed E-state index contributed by atoms with van der Waals surface area (Å²) in [4.78, 5) is 24.2. The average Bonchev–Trinajstić information content (AvgIpc) is 2.76. The Morgan fingerprint density at radius 2 is 2.13 bits per heavy atom. The van der Waals surface area contributed by atoms with Crippen LogP contribution >= 0.6 is 0 Å². The first-order chi connectivity index (χ1) is 10.8. The minimum atomic E-state index is -0.160. The summed E-state index contributed by atoms with van der Waals surface area (Å²) in [6.45, 7) is 9.00. The number of hydrogen-bond acceptors (Lipinski definition) is 3. The Bertz CT molecular complexity index is 531. The molecular weight excluding hydrogens is 288 g/mol. The minimum Gasteiger partial charge on any atom is -0.462 e. The van der Waals surface area contributed by atoms with Crippen molar-refractivity contribution in [3.8, 4) is 0 Å². The molecule has 0 radical (unpaired) electrons. The number of carbonyl (C=O) groups is 2. The van der Waals surface area contributed by atoms with Crippen molar-refractivity contribution in [3.63, 3.8) is 0 Å². The van der Waals surface area contributed by atoms with Gasteiger partial charge >= 0.3 is 5.97 Å². The van der Waals surface area contributed by atoms with E-state index in [1.807, 2.05) is 0 Å². The predicted octanol–water partition coefficient (Wildman–Crippen LogP) is 4.31. The van der Waals surface area contributed by atoms with Gasteiger partial charge in [0, 0.05) is 18.3 Å². The van der Waals surface area contributed by atoms with E-state index in [0.717, 1.165) is 19.3 Å². The second kappa shape index (κ2) is 6.07. The summed E-state index contributed by atoms with van der Waals surface area (Å²) in [5.74, 6) is 1.49. The molecule has 0 bridgehead atoms. The quantitative estimate of drug-likeness (QED) is 0.573. The molecule has 1 aliphatic heterocycles. The van der Waals surface area contributed by atoms with Gasteiger partial charge in [0.1, 0.15) is 11.9 Å². The van der Waals surface area contributed by atoms with Crippen LogP contribution in [0.15, 0.2) is 11.6 Å². The van der Waals surface area contributed by atoms with Gasteiger partial charge in [-0.3, -0.25) is 9.59 Å². The molecule has 6 atom stereocenters.